The Labute approximate surface area is 148 Å². The van der Waals surface area contributed by atoms with E-state index in [0.29, 0.717) is 11.8 Å². The van der Waals surface area contributed by atoms with Gasteiger partial charge in [-0.1, -0.05) is 38.3 Å². The Morgan fingerprint density at radius 2 is 1.46 bits per heavy atom. The van der Waals surface area contributed by atoms with Crippen LogP contribution in [0.1, 0.15) is 53.9 Å². The van der Waals surface area contributed by atoms with E-state index in [2.05, 4.69) is 47.7 Å². The third-order valence-corrected chi connectivity index (χ3v) is 11.9. The van der Waals surface area contributed by atoms with Crippen molar-refractivity contribution in [1.82, 2.24) is 0 Å². The van der Waals surface area contributed by atoms with E-state index in [1.54, 1.807) is 0 Å². The van der Waals surface area contributed by atoms with Gasteiger partial charge in [0.25, 0.3) is 0 Å². The molecule has 7 atom stereocenters. The zero-order valence-electron chi connectivity index (χ0n) is 16.5. The van der Waals surface area contributed by atoms with Crippen LogP contribution >= 0.6 is 0 Å². The van der Waals surface area contributed by atoms with Gasteiger partial charge in [0, 0.05) is 11.8 Å². The lowest BCUT2D eigenvalue weighted by Gasteiger charge is -2.52. The quantitative estimate of drug-likeness (QED) is 0.581. The third-order valence-electron chi connectivity index (χ3n) is 7.46. The van der Waals surface area contributed by atoms with Crippen LogP contribution in [-0.2, 0) is 4.43 Å². The van der Waals surface area contributed by atoms with E-state index in [-0.39, 0.29) is 23.0 Å². The van der Waals surface area contributed by atoms with Crippen LogP contribution in [0.4, 0.5) is 0 Å². The molecule has 3 rings (SSSR count). The molecule has 138 valence electrons. The van der Waals surface area contributed by atoms with Crippen molar-refractivity contribution < 1.29 is 14.6 Å². The lowest BCUT2D eigenvalue weighted by atomic mass is 9.61. The van der Waals surface area contributed by atoms with Crippen molar-refractivity contribution >= 4 is 8.32 Å². The fourth-order valence-corrected chi connectivity index (χ4v) is 6.73. The molecule has 3 fully saturated rings. The van der Waals surface area contributed by atoms with E-state index < -0.39 is 20.5 Å². The number of hydrogen-bond acceptors (Lipinski definition) is 3. The molecule has 2 N–H and O–H groups in total. The SMILES string of the molecule is CC(C)=C1[C@@H]2[C@H](O)[C@H](O)[C@H]1[C@@H]1CCC[C@H]2C1O[Si](C)(C)C(C)(C)C. The van der Waals surface area contributed by atoms with E-state index in [0.717, 1.165) is 12.8 Å². The molecule has 4 heteroatoms. The number of aliphatic hydroxyl groups is 2. The molecule has 3 aliphatic carbocycles. The second kappa shape index (κ2) is 5.93. The molecular formula is C20H36O3Si. The lowest BCUT2D eigenvalue weighted by Crippen LogP contribution is -2.54. The van der Waals surface area contributed by atoms with Crippen molar-refractivity contribution in [2.45, 2.75) is 90.3 Å². The summed E-state index contributed by atoms with van der Waals surface area (Å²) in [6.07, 6.45) is 2.43. The molecule has 0 spiro atoms. The van der Waals surface area contributed by atoms with Gasteiger partial charge in [0.15, 0.2) is 8.32 Å². The topological polar surface area (TPSA) is 49.7 Å². The van der Waals surface area contributed by atoms with E-state index in [1.165, 1.54) is 17.6 Å². The number of aliphatic hydroxyl groups excluding tert-OH is 2. The summed E-state index contributed by atoms with van der Waals surface area (Å²) < 4.78 is 6.91. The molecule has 1 unspecified atom stereocenters. The van der Waals surface area contributed by atoms with Gasteiger partial charge in [0.05, 0.1) is 18.3 Å². The monoisotopic (exact) mass is 352 g/mol. The highest BCUT2D eigenvalue weighted by molar-refractivity contribution is 6.74. The second-order valence-electron chi connectivity index (χ2n) is 10.1. The Hall–Kier alpha value is -0.163. The molecule has 0 aromatic rings. The van der Waals surface area contributed by atoms with E-state index in [1.807, 2.05) is 0 Å². The molecule has 24 heavy (non-hydrogen) atoms. The Kier molecular flexibility index (Phi) is 4.60. The highest BCUT2D eigenvalue weighted by atomic mass is 28.4. The zero-order valence-corrected chi connectivity index (χ0v) is 17.5. The van der Waals surface area contributed by atoms with Crippen LogP contribution in [-0.4, -0.2) is 36.8 Å². The maximum atomic E-state index is 10.8. The van der Waals surface area contributed by atoms with Crippen molar-refractivity contribution in [2.24, 2.45) is 23.7 Å². The number of fused-ring (bicyclic) bond motifs is 6. The van der Waals surface area contributed by atoms with Crippen LogP contribution in [0.3, 0.4) is 0 Å². The molecule has 0 aromatic carbocycles. The number of allylic oxidation sites excluding steroid dienone is 1. The minimum absolute atomic E-state index is 0.0984. The first-order valence-electron chi connectivity index (χ1n) is 9.68. The van der Waals surface area contributed by atoms with Gasteiger partial charge >= 0.3 is 0 Å². The Morgan fingerprint density at radius 1 is 1.00 bits per heavy atom. The fraction of sp³-hybridized carbons (Fsp3) is 0.900. The molecule has 4 bridgehead atoms. The van der Waals surface area contributed by atoms with Crippen LogP contribution in [0.15, 0.2) is 11.1 Å². The van der Waals surface area contributed by atoms with Crippen LogP contribution < -0.4 is 0 Å². The van der Waals surface area contributed by atoms with Gasteiger partial charge in [-0.25, -0.2) is 0 Å². The predicted octanol–water partition coefficient (Wildman–Crippen LogP) is 4.11. The van der Waals surface area contributed by atoms with E-state index in [4.69, 9.17) is 4.43 Å². The fourth-order valence-electron chi connectivity index (χ4n) is 5.34. The first-order chi connectivity index (χ1) is 11.0. The predicted molar refractivity (Wildman–Crippen MR) is 100 cm³/mol. The normalized spacial score (nSPS) is 42.4. The van der Waals surface area contributed by atoms with Crippen molar-refractivity contribution in [2.75, 3.05) is 0 Å². The highest BCUT2D eigenvalue weighted by Crippen LogP contribution is 2.59. The minimum Gasteiger partial charge on any atom is -0.413 e. The molecule has 0 radical (unpaired) electrons. The average Bonchev–Trinajstić information content (AvgIpc) is 2.67. The van der Waals surface area contributed by atoms with E-state index in [9.17, 15) is 10.2 Å². The average molecular weight is 353 g/mol. The summed E-state index contributed by atoms with van der Waals surface area (Å²) in [5.41, 5.74) is 2.64. The summed E-state index contributed by atoms with van der Waals surface area (Å²) in [4.78, 5) is 0. The Morgan fingerprint density at radius 3 is 1.83 bits per heavy atom. The smallest absolute Gasteiger partial charge is 0.192 e. The number of rotatable bonds is 2. The van der Waals surface area contributed by atoms with Gasteiger partial charge in [0.2, 0.25) is 0 Å². The maximum Gasteiger partial charge on any atom is 0.192 e. The molecular weight excluding hydrogens is 316 g/mol. The molecule has 3 aliphatic rings. The summed E-state index contributed by atoms with van der Waals surface area (Å²) in [6.45, 7) is 15.8. The summed E-state index contributed by atoms with van der Waals surface area (Å²) in [6, 6.07) is 0. The molecule has 0 amide bonds. The summed E-state index contributed by atoms with van der Waals surface area (Å²) in [7, 11) is -1.86. The summed E-state index contributed by atoms with van der Waals surface area (Å²) in [5, 5.41) is 21.8. The molecule has 3 nitrogen and oxygen atoms in total. The second-order valence-corrected chi connectivity index (χ2v) is 14.8. The largest absolute Gasteiger partial charge is 0.413 e. The van der Waals surface area contributed by atoms with Crippen LogP contribution in [0.5, 0.6) is 0 Å². The molecule has 0 heterocycles. The first kappa shape index (κ1) is 18.6. The van der Waals surface area contributed by atoms with Crippen LogP contribution in [0.2, 0.25) is 18.1 Å². The lowest BCUT2D eigenvalue weighted by molar-refractivity contribution is -0.0311. The maximum absolute atomic E-state index is 10.8. The van der Waals surface area contributed by atoms with Crippen molar-refractivity contribution in [3.63, 3.8) is 0 Å². The first-order valence-corrected chi connectivity index (χ1v) is 12.6. The Bertz CT molecular complexity index is 503. The molecule has 0 aliphatic heterocycles. The van der Waals surface area contributed by atoms with E-state index >= 15 is 0 Å². The van der Waals surface area contributed by atoms with Gasteiger partial charge in [-0.05, 0) is 56.7 Å². The molecule has 0 aromatic heterocycles. The zero-order chi connectivity index (χ0) is 18.0. The van der Waals surface area contributed by atoms with Crippen molar-refractivity contribution in [1.29, 1.82) is 0 Å². The standard InChI is InChI=1S/C20H36O3Si/c1-11(2)14-15-12-9-8-10-13(16(14)18(22)17(15)21)19(12)23-24(6,7)20(3,4)5/h12-13,15-19,21-22H,8-10H2,1-7H3/t12-,13+,15-,16+,17+,18-,19?. The number of hydrogen-bond donors (Lipinski definition) is 2. The van der Waals surface area contributed by atoms with Gasteiger partial charge in [-0.15, -0.1) is 0 Å². The van der Waals surface area contributed by atoms with Gasteiger partial charge < -0.3 is 14.6 Å². The van der Waals surface area contributed by atoms with Crippen LogP contribution in [0, 0.1) is 23.7 Å². The van der Waals surface area contributed by atoms with Crippen molar-refractivity contribution in [3.05, 3.63) is 11.1 Å². The minimum atomic E-state index is -1.86. The Balaban J connectivity index is 2.00. The summed E-state index contributed by atoms with van der Waals surface area (Å²) in [5.74, 6) is 0.931. The summed E-state index contributed by atoms with van der Waals surface area (Å²) >= 11 is 0. The van der Waals surface area contributed by atoms with Gasteiger partial charge in [0.1, 0.15) is 0 Å². The van der Waals surface area contributed by atoms with Crippen molar-refractivity contribution in [3.8, 4) is 0 Å². The van der Waals surface area contributed by atoms with Gasteiger partial charge in [-0.2, -0.15) is 0 Å². The highest BCUT2D eigenvalue weighted by Gasteiger charge is 2.61. The van der Waals surface area contributed by atoms with Crippen LogP contribution in [0.25, 0.3) is 0 Å². The molecule has 3 saturated carbocycles. The van der Waals surface area contributed by atoms with Gasteiger partial charge in [-0.3, -0.25) is 0 Å². The molecule has 0 saturated heterocycles. The third kappa shape index (κ3) is 2.65.